The lowest BCUT2D eigenvalue weighted by Gasteiger charge is -2.23. The second-order valence-corrected chi connectivity index (χ2v) is 5.58. The van der Waals surface area contributed by atoms with Crippen LogP contribution in [0.4, 0.5) is 0 Å². The number of methoxy groups -OCH3 is 1. The van der Waals surface area contributed by atoms with Gasteiger partial charge in [0, 0.05) is 0 Å². The van der Waals surface area contributed by atoms with Gasteiger partial charge in [-0.25, -0.2) is 14.4 Å². The Kier molecular flexibility index (Phi) is 7.44. The molecule has 2 rings (SSSR count). The number of aliphatic hydroxyl groups excluding tert-OH is 1. The second kappa shape index (κ2) is 10.2. The lowest BCUT2D eigenvalue weighted by molar-refractivity contribution is -0.157. The molecule has 0 aliphatic carbocycles. The maximum Gasteiger partial charge on any atom is 0.391 e. The van der Waals surface area contributed by atoms with Crippen LogP contribution in [0.1, 0.15) is 20.7 Å². The fourth-order valence-electron chi connectivity index (χ4n) is 2.27. The van der Waals surface area contributed by atoms with Gasteiger partial charge in [0.05, 0.1) is 18.2 Å². The largest absolute Gasteiger partial charge is 0.503 e. The number of carbonyl (C=O) groups excluding carboxylic acids is 3. The number of ether oxygens (including phenoxy) is 3. The zero-order valence-electron chi connectivity index (χ0n) is 15.3. The number of hydrogen-bond acceptors (Lipinski definition) is 8. The summed E-state index contributed by atoms with van der Waals surface area (Å²) in [6.07, 6.45) is -3.15. The number of diazo groups is 1. The Labute approximate surface area is 165 Å². The Hall–Kier alpha value is -4.19. The third-order valence-electron chi connectivity index (χ3n) is 3.68. The van der Waals surface area contributed by atoms with E-state index in [1.165, 1.54) is 24.3 Å². The monoisotopic (exact) mass is 397 g/mol. The Morgan fingerprint density at radius 3 is 1.76 bits per heavy atom. The van der Waals surface area contributed by atoms with E-state index >= 15 is 0 Å². The average Bonchev–Trinajstić information content (AvgIpc) is 2.76. The molecule has 148 valence electrons. The second-order valence-electron chi connectivity index (χ2n) is 5.58. The van der Waals surface area contributed by atoms with Crippen LogP contribution in [-0.4, -0.2) is 42.3 Å². The minimum atomic E-state index is -1.86. The first-order chi connectivity index (χ1) is 14.0. The Balaban J connectivity index is 2.35. The van der Waals surface area contributed by atoms with E-state index in [1.54, 1.807) is 36.4 Å². The minimum Gasteiger partial charge on any atom is -0.503 e. The molecule has 0 bridgehead atoms. The molecule has 0 fully saturated rings. The fourth-order valence-corrected chi connectivity index (χ4v) is 2.27. The van der Waals surface area contributed by atoms with Crippen LogP contribution in [0.25, 0.3) is 4.98 Å². The highest BCUT2D eigenvalue weighted by Crippen LogP contribution is 2.18. The molecule has 2 atom stereocenters. The molecule has 0 aliphatic heterocycles. The number of carbonyl (C=O) groups is 3. The summed E-state index contributed by atoms with van der Waals surface area (Å²) >= 11 is 0. The maximum absolute atomic E-state index is 12.4. The molecular formula is C20H17N2O7+. The van der Waals surface area contributed by atoms with Crippen LogP contribution in [0.5, 0.6) is 0 Å². The first kappa shape index (κ1) is 21.1. The van der Waals surface area contributed by atoms with Crippen molar-refractivity contribution < 1.29 is 33.7 Å². The molecule has 2 aromatic carbocycles. The molecule has 0 radical (unpaired) electrons. The van der Waals surface area contributed by atoms with E-state index in [-0.39, 0.29) is 11.1 Å². The van der Waals surface area contributed by atoms with E-state index in [0.717, 1.165) is 7.11 Å². The standard InChI is InChI=1S/C20H16N2O7/c1-27-20(26)17(29-19(25)14-10-6-3-7-11-14)16(15(23)12-22-21)28-18(24)13-8-4-2-5-9-13/h2-12,16-17H,1H3/p+1/b15-12-/t16-,17+/m0/s1. The molecule has 9 nitrogen and oxygen atoms in total. The van der Waals surface area contributed by atoms with Gasteiger partial charge in [0.1, 0.15) is 0 Å². The van der Waals surface area contributed by atoms with E-state index in [1.807, 2.05) is 0 Å². The summed E-state index contributed by atoms with van der Waals surface area (Å²) in [4.78, 5) is 39.6. The van der Waals surface area contributed by atoms with Crippen LogP contribution >= 0.6 is 0 Å². The summed E-state index contributed by atoms with van der Waals surface area (Å²) in [5, 5.41) is 18.8. The molecule has 0 aliphatic rings. The summed E-state index contributed by atoms with van der Waals surface area (Å²) in [5.41, 5.74) is 0.231. The normalized spacial score (nSPS) is 12.8. The Bertz CT molecular complexity index is 936. The zero-order valence-corrected chi connectivity index (χ0v) is 15.3. The Morgan fingerprint density at radius 1 is 0.897 bits per heavy atom. The van der Waals surface area contributed by atoms with Crippen LogP contribution in [0, 0.1) is 5.39 Å². The molecule has 0 heterocycles. The van der Waals surface area contributed by atoms with Crippen molar-refractivity contribution in [3.63, 3.8) is 0 Å². The molecule has 29 heavy (non-hydrogen) atoms. The maximum atomic E-state index is 12.4. The van der Waals surface area contributed by atoms with Gasteiger partial charge in [0.25, 0.3) is 0 Å². The lowest BCUT2D eigenvalue weighted by atomic mass is 10.1. The zero-order chi connectivity index (χ0) is 21.2. The summed E-state index contributed by atoms with van der Waals surface area (Å²) in [6.45, 7) is 0. The van der Waals surface area contributed by atoms with Crippen LogP contribution in [0.15, 0.2) is 72.6 Å². The van der Waals surface area contributed by atoms with Crippen LogP contribution in [0.2, 0.25) is 0 Å². The molecule has 0 saturated heterocycles. The number of rotatable bonds is 7. The molecule has 0 unspecified atom stereocenters. The van der Waals surface area contributed by atoms with Crippen molar-refractivity contribution >= 4 is 17.9 Å². The smallest absolute Gasteiger partial charge is 0.391 e. The van der Waals surface area contributed by atoms with E-state index in [0.29, 0.717) is 6.20 Å². The van der Waals surface area contributed by atoms with Crippen molar-refractivity contribution in [1.29, 1.82) is 5.39 Å². The average molecular weight is 397 g/mol. The van der Waals surface area contributed by atoms with Crippen LogP contribution < -0.4 is 0 Å². The topological polar surface area (TPSA) is 127 Å². The van der Waals surface area contributed by atoms with Crippen molar-refractivity contribution in [1.82, 2.24) is 0 Å². The molecular weight excluding hydrogens is 380 g/mol. The molecule has 1 N–H and O–H groups in total. The molecule has 9 heteroatoms. The summed E-state index contributed by atoms with van der Waals surface area (Å²) < 4.78 is 14.9. The van der Waals surface area contributed by atoms with Gasteiger partial charge in [-0.2, -0.15) is 0 Å². The third-order valence-corrected chi connectivity index (χ3v) is 3.68. The number of nitrogens with zero attached hydrogens (tertiary/aromatic N) is 2. The van der Waals surface area contributed by atoms with Gasteiger partial charge in [-0.1, -0.05) is 36.4 Å². The molecule has 0 amide bonds. The van der Waals surface area contributed by atoms with Crippen LogP contribution in [0.3, 0.4) is 0 Å². The third kappa shape index (κ3) is 5.64. The van der Waals surface area contributed by atoms with Gasteiger partial charge in [0.2, 0.25) is 23.4 Å². The molecule has 0 aromatic heterocycles. The van der Waals surface area contributed by atoms with Gasteiger partial charge < -0.3 is 19.3 Å². The Morgan fingerprint density at radius 2 is 1.34 bits per heavy atom. The quantitative estimate of drug-likeness (QED) is 0.327. The first-order valence-electron chi connectivity index (χ1n) is 8.31. The fraction of sp³-hybridized carbons (Fsp3) is 0.150. The highest BCUT2D eigenvalue weighted by atomic mass is 16.6. The van der Waals surface area contributed by atoms with Crippen molar-refractivity contribution in [2.24, 2.45) is 0 Å². The summed E-state index contributed by atoms with van der Waals surface area (Å²) in [7, 11) is 1.03. The summed E-state index contributed by atoms with van der Waals surface area (Å²) in [6, 6.07) is 15.5. The van der Waals surface area contributed by atoms with Gasteiger partial charge in [-0.05, 0) is 24.3 Å². The predicted octanol–water partition coefficient (Wildman–Crippen LogP) is 2.86. The highest BCUT2D eigenvalue weighted by molar-refractivity contribution is 5.92. The van der Waals surface area contributed by atoms with Crippen molar-refractivity contribution in [2.45, 2.75) is 12.2 Å². The van der Waals surface area contributed by atoms with E-state index < -0.39 is 35.9 Å². The van der Waals surface area contributed by atoms with Crippen molar-refractivity contribution in [3.05, 3.63) is 88.7 Å². The number of hydrogen-bond donors (Lipinski definition) is 1. The molecule has 0 saturated carbocycles. The van der Waals surface area contributed by atoms with E-state index in [4.69, 9.17) is 14.9 Å². The van der Waals surface area contributed by atoms with E-state index in [2.05, 4.69) is 9.71 Å². The number of aliphatic hydroxyl groups is 1. The van der Waals surface area contributed by atoms with Gasteiger partial charge in [-0.3, -0.25) is 0 Å². The van der Waals surface area contributed by atoms with E-state index in [9.17, 15) is 19.5 Å². The number of esters is 3. The summed E-state index contributed by atoms with van der Waals surface area (Å²) in [5.74, 6) is -3.78. The van der Waals surface area contributed by atoms with Crippen molar-refractivity contribution in [2.75, 3.05) is 7.11 Å². The molecule has 0 spiro atoms. The van der Waals surface area contributed by atoms with Gasteiger partial charge in [-0.15, -0.1) is 0 Å². The highest BCUT2D eigenvalue weighted by Gasteiger charge is 2.41. The minimum absolute atomic E-state index is 0.115. The van der Waals surface area contributed by atoms with Crippen molar-refractivity contribution in [3.8, 4) is 0 Å². The predicted molar refractivity (Wildman–Crippen MR) is 99.1 cm³/mol. The van der Waals surface area contributed by atoms with Crippen LogP contribution in [-0.2, 0) is 19.0 Å². The number of benzene rings is 2. The van der Waals surface area contributed by atoms with Gasteiger partial charge >= 0.3 is 24.1 Å². The first-order valence-corrected chi connectivity index (χ1v) is 8.31. The molecule has 2 aromatic rings. The SMILES string of the molecule is COC(=O)[C@H](OC(=O)c1ccccc1)[C@@H](OC(=O)c1ccccc1)/C(O)=C/[N+]#N. The lowest BCUT2D eigenvalue weighted by Crippen LogP contribution is -2.43. The van der Waals surface area contributed by atoms with Gasteiger partial charge in [0.15, 0.2) is 4.98 Å².